The third kappa shape index (κ3) is 4.33. The second-order valence-electron chi connectivity index (χ2n) is 6.97. The van der Waals surface area contributed by atoms with E-state index in [1.165, 1.54) is 51.6 Å². The molecule has 0 aromatic rings. The molecule has 2 heterocycles. The number of hydrogen-bond acceptors (Lipinski definition) is 3. The first-order valence-electron chi connectivity index (χ1n) is 8.48. The number of rotatable bonds is 3. The van der Waals surface area contributed by atoms with Crippen LogP contribution in [0.2, 0.25) is 0 Å². The number of nitrogens with one attached hydrogen (secondary N) is 1. The molecule has 3 aliphatic rings. The zero-order valence-corrected chi connectivity index (χ0v) is 13.9. The van der Waals surface area contributed by atoms with Crippen molar-refractivity contribution in [3.8, 4) is 0 Å². The summed E-state index contributed by atoms with van der Waals surface area (Å²) in [6, 6.07) is 0. The molecule has 122 valence electrons. The zero-order chi connectivity index (χ0) is 13.8. The van der Waals surface area contributed by atoms with Gasteiger partial charge in [-0.2, -0.15) is 0 Å². The van der Waals surface area contributed by atoms with Crippen LogP contribution < -0.4 is 5.32 Å². The Balaban J connectivity index is 0.00000161. The third-order valence-electron chi connectivity index (χ3n) is 5.54. The molecule has 4 nitrogen and oxygen atoms in total. The number of hydrogen-bond donors (Lipinski definition) is 1. The molecule has 3 rings (SSSR count). The highest BCUT2D eigenvalue weighted by molar-refractivity contribution is 5.85. The molecule has 1 N–H and O–H groups in total. The van der Waals surface area contributed by atoms with Gasteiger partial charge in [-0.05, 0) is 31.2 Å². The van der Waals surface area contributed by atoms with E-state index >= 15 is 0 Å². The molecule has 0 aromatic heterocycles. The Morgan fingerprint density at radius 2 is 1.71 bits per heavy atom. The molecule has 2 saturated heterocycles. The van der Waals surface area contributed by atoms with E-state index in [0.717, 1.165) is 39.1 Å². The molecule has 1 aliphatic carbocycles. The minimum atomic E-state index is 0. The van der Waals surface area contributed by atoms with E-state index in [-0.39, 0.29) is 12.4 Å². The molecule has 21 heavy (non-hydrogen) atoms. The molecule has 2 aliphatic heterocycles. The Morgan fingerprint density at radius 1 is 1.00 bits per heavy atom. The monoisotopic (exact) mass is 315 g/mol. The molecule has 0 aromatic carbocycles. The molecule has 0 radical (unpaired) electrons. The number of likely N-dealkylation sites (tertiary alicyclic amines) is 1. The number of amides is 1. The van der Waals surface area contributed by atoms with Crippen LogP contribution in [0.15, 0.2) is 0 Å². The maximum atomic E-state index is 12.2. The molecular weight excluding hydrogens is 286 g/mol. The smallest absolute Gasteiger partial charge is 0.223 e. The topological polar surface area (TPSA) is 35.6 Å². The van der Waals surface area contributed by atoms with Crippen LogP contribution in [-0.2, 0) is 4.79 Å². The molecule has 0 bridgehead atoms. The van der Waals surface area contributed by atoms with Crippen molar-refractivity contribution in [3.05, 3.63) is 0 Å². The highest BCUT2D eigenvalue weighted by Gasteiger charge is 2.38. The Bertz CT molecular complexity index is 338. The lowest BCUT2D eigenvalue weighted by atomic mass is 9.73. The van der Waals surface area contributed by atoms with Crippen LogP contribution in [0.3, 0.4) is 0 Å². The van der Waals surface area contributed by atoms with Crippen LogP contribution >= 0.6 is 12.4 Å². The van der Waals surface area contributed by atoms with Crippen molar-refractivity contribution in [2.24, 2.45) is 5.41 Å². The Labute approximate surface area is 135 Å². The van der Waals surface area contributed by atoms with Crippen LogP contribution in [0.4, 0.5) is 0 Å². The first kappa shape index (κ1) is 17.0. The Hall–Kier alpha value is -0.320. The second-order valence-corrected chi connectivity index (χ2v) is 6.97. The van der Waals surface area contributed by atoms with Crippen molar-refractivity contribution in [3.63, 3.8) is 0 Å². The fraction of sp³-hybridized carbons (Fsp3) is 0.938. The van der Waals surface area contributed by atoms with Gasteiger partial charge in [-0.15, -0.1) is 12.4 Å². The van der Waals surface area contributed by atoms with E-state index in [2.05, 4.69) is 10.2 Å². The summed E-state index contributed by atoms with van der Waals surface area (Å²) >= 11 is 0. The van der Waals surface area contributed by atoms with Crippen molar-refractivity contribution in [1.82, 2.24) is 15.1 Å². The summed E-state index contributed by atoms with van der Waals surface area (Å²) in [5.41, 5.74) is 0.621. The van der Waals surface area contributed by atoms with E-state index in [9.17, 15) is 4.79 Å². The van der Waals surface area contributed by atoms with E-state index in [0.29, 0.717) is 11.3 Å². The molecule has 1 amide bonds. The third-order valence-corrected chi connectivity index (χ3v) is 5.54. The Kier molecular flexibility index (Phi) is 6.33. The minimum absolute atomic E-state index is 0. The van der Waals surface area contributed by atoms with Crippen molar-refractivity contribution < 1.29 is 4.79 Å². The van der Waals surface area contributed by atoms with Gasteiger partial charge in [0.25, 0.3) is 0 Å². The molecular formula is C16H30ClN3O. The van der Waals surface area contributed by atoms with Gasteiger partial charge < -0.3 is 15.1 Å². The lowest BCUT2D eigenvalue weighted by Crippen LogP contribution is -2.47. The number of carbonyl (C=O) groups is 1. The van der Waals surface area contributed by atoms with Crippen LogP contribution in [-0.4, -0.2) is 61.5 Å². The maximum Gasteiger partial charge on any atom is 0.223 e. The summed E-state index contributed by atoms with van der Waals surface area (Å²) in [4.78, 5) is 16.8. The summed E-state index contributed by atoms with van der Waals surface area (Å²) in [6.45, 7) is 7.14. The molecule has 5 heteroatoms. The quantitative estimate of drug-likeness (QED) is 0.864. The fourth-order valence-corrected chi connectivity index (χ4v) is 4.25. The standard InChI is InChI=1S/C16H29N3O.ClH/c20-15(19-12-8-17-9-13-19)4-10-18-11-7-16(14-18)5-2-1-3-6-16;/h17H,1-14H2;1H. The SMILES string of the molecule is Cl.O=C(CCN1CCC2(CCCCC2)C1)N1CCNCC1. The largest absolute Gasteiger partial charge is 0.340 e. The van der Waals surface area contributed by atoms with Gasteiger partial charge in [0.05, 0.1) is 0 Å². The van der Waals surface area contributed by atoms with Gasteiger partial charge in [-0.1, -0.05) is 19.3 Å². The van der Waals surface area contributed by atoms with Crippen molar-refractivity contribution in [2.75, 3.05) is 45.8 Å². The van der Waals surface area contributed by atoms with Crippen molar-refractivity contribution >= 4 is 18.3 Å². The zero-order valence-electron chi connectivity index (χ0n) is 13.1. The van der Waals surface area contributed by atoms with E-state index in [1.54, 1.807) is 0 Å². The van der Waals surface area contributed by atoms with Gasteiger partial charge in [-0.25, -0.2) is 0 Å². The number of nitrogens with zero attached hydrogens (tertiary/aromatic N) is 2. The lowest BCUT2D eigenvalue weighted by Gasteiger charge is -2.33. The van der Waals surface area contributed by atoms with Gasteiger partial charge in [0, 0.05) is 45.7 Å². The van der Waals surface area contributed by atoms with E-state index < -0.39 is 0 Å². The molecule has 1 spiro atoms. The summed E-state index contributed by atoms with van der Waals surface area (Å²) in [5.74, 6) is 0.357. The highest BCUT2D eigenvalue weighted by Crippen LogP contribution is 2.43. The predicted molar refractivity (Wildman–Crippen MR) is 87.9 cm³/mol. The lowest BCUT2D eigenvalue weighted by molar-refractivity contribution is -0.132. The second kappa shape index (κ2) is 7.80. The van der Waals surface area contributed by atoms with E-state index in [1.807, 2.05) is 4.90 Å². The first-order chi connectivity index (χ1) is 9.77. The summed E-state index contributed by atoms with van der Waals surface area (Å²) in [7, 11) is 0. The molecule has 0 unspecified atom stereocenters. The number of carbonyl (C=O) groups excluding carboxylic acids is 1. The predicted octanol–water partition coefficient (Wildman–Crippen LogP) is 1.89. The maximum absolute atomic E-state index is 12.2. The minimum Gasteiger partial charge on any atom is -0.340 e. The highest BCUT2D eigenvalue weighted by atomic mass is 35.5. The van der Waals surface area contributed by atoms with E-state index in [4.69, 9.17) is 0 Å². The average molecular weight is 316 g/mol. The average Bonchev–Trinajstić information content (AvgIpc) is 2.89. The van der Waals surface area contributed by atoms with Gasteiger partial charge in [0.2, 0.25) is 5.91 Å². The van der Waals surface area contributed by atoms with Gasteiger partial charge in [-0.3, -0.25) is 4.79 Å². The van der Waals surface area contributed by atoms with Crippen LogP contribution in [0.5, 0.6) is 0 Å². The van der Waals surface area contributed by atoms with Gasteiger partial charge >= 0.3 is 0 Å². The normalized spacial score (nSPS) is 25.8. The van der Waals surface area contributed by atoms with Crippen LogP contribution in [0, 0.1) is 5.41 Å². The number of halogens is 1. The fourth-order valence-electron chi connectivity index (χ4n) is 4.25. The molecule has 0 atom stereocenters. The Morgan fingerprint density at radius 3 is 2.43 bits per heavy atom. The summed E-state index contributed by atoms with van der Waals surface area (Å²) < 4.78 is 0. The van der Waals surface area contributed by atoms with Crippen LogP contribution in [0.25, 0.3) is 0 Å². The van der Waals surface area contributed by atoms with Crippen molar-refractivity contribution in [2.45, 2.75) is 44.9 Å². The van der Waals surface area contributed by atoms with Gasteiger partial charge in [0.15, 0.2) is 0 Å². The first-order valence-corrected chi connectivity index (χ1v) is 8.48. The molecule has 1 saturated carbocycles. The number of piperazine rings is 1. The van der Waals surface area contributed by atoms with Crippen LogP contribution in [0.1, 0.15) is 44.9 Å². The van der Waals surface area contributed by atoms with Gasteiger partial charge in [0.1, 0.15) is 0 Å². The summed E-state index contributed by atoms with van der Waals surface area (Å²) in [5, 5.41) is 3.30. The molecule has 3 fully saturated rings. The van der Waals surface area contributed by atoms with Crippen molar-refractivity contribution in [1.29, 1.82) is 0 Å². The summed E-state index contributed by atoms with van der Waals surface area (Å²) in [6.07, 6.45) is 9.22.